The van der Waals surface area contributed by atoms with E-state index in [2.05, 4.69) is 83.9 Å². The third kappa shape index (κ3) is 7.42. The maximum Gasteiger partial charge on any atom is 0.175 e. The Morgan fingerprint density at radius 1 is 0.895 bits per heavy atom. The van der Waals surface area contributed by atoms with Crippen LogP contribution in [0.5, 0.6) is 0 Å². The predicted octanol–water partition coefficient (Wildman–Crippen LogP) is 9.78. The molecule has 1 spiro atoms. The highest BCUT2D eigenvalue weighted by Crippen LogP contribution is 2.55. The Kier molecular flexibility index (Phi) is 12.2. The maximum absolute atomic E-state index is 6.91. The molecule has 0 N–H and O–H groups in total. The molecule has 2 fully saturated rings. The van der Waals surface area contributed by atoms with E-state index in [1.807, 2.05) is 0 Å². The fourth-order valence-electron chi connectivity index (χ4n) is 6.84. The third-order valence-electron chi connectivity index (χ3n) is 9.94. The summed E-state index contributed by atoms with van der Waals surface area (Å²) >= 11 is 0. The molecule has 0 amide bonds. The monoisotopic (exact) mass is 529 g/mol. The summed E-state index contributed by atoms with van der Waals surface area (Å²) in [4.78, 5) is 6.85. The molecule has 0 radical (unpaired) electrons. The van der Waals surface area contributed by atoms with Crippen molar-refractivity contribution in [1.82, 2.24) is 5.06 Å². The number of rotatable bonds is 16. The highest BCUT2D eigenvalue weighted by molar-refractivity contribution is 5.17. The highest BCUT2D eigenvalue weighted by Gasteiger charge is 2.64. The molecule has 4 nitrogen and oxygen atoms in total. The van der Waals surface area contributed by atoms with Gasteiger partial charge < -0.3 is 9.47 Å². The van der Waals surface area contributed by atoms with Crippen LogP contribution in [0.4, 0.5) is 0 Å². The number of hydroxylamine groups is 2. The molecule has 0 aromatic heterocycles. The minimum absolute atomic E-state index is 0.0105. The lowest BCUT2D eigenvalue weighted by molar-refractivity contribution is -0.380. The number of piperidine rings is 1. The van der Waals surface area contributed by atoms with Crippen molar-refractivity contribution in [3.8, 4) is 0 Å². The first-order valence-corrected chi connectivity index (χ1v) is 16.1. The van der Waals surface area contributed by atoms with Crippen LogP contribution in [-0.4, -0.2) is 34.6 Å². The number of nitrogens with zero attached hydrogens (tertiary/aromatic N) is 1. The zero-order valence-corrected chi connectivity index (χ0v) is 25.9. The zero-order chi connectivity index (χ0) is 27.7. The molecule has 218 valence electrons. The summed E-state index contributed by atoms with van der Waals surface area (Å²) in [5.41, 5.74) is 0.840. The number of ether oxygens (including phenoxy) is 2. The largest absolute Gasteiger partial charge is 0.347 e. The van der Waals surface area contributed by atoms with Crippen molar-refractivity contribution in [2.45, 2.75) is 167 Å². The minimum Gasteiger partial charge on any atom is -0.347 e. The number of hydrogen-bond acceptors (Lipinski definition) is 4. The van der Waals surface area contributed by atoms with Crippen LogP contribution in [0, 0.1) is 5.92 Å². The molecule has 0 aliphatic carbocycles. The Morgan fingerprint density at radius 3 is 2.08 bits per heavy atom. The van der Waals surface area contributed by atoms with Gasteiger partial charge in [-0.05, 0) is 45.6 Å². The second-order valence-corrected chi connectivity index (χ2v) is 12.7. The van der Waals surface area contributed by atoms with Crippen LogP contribution in [0.15, 0.2) is 30.3 Å². The van der Waals surface area contributed by atoms with E-state index in [0.29, 0.717) is 0 Å². The number of benzene rings is 1. The van der Waals surface area contributed by atoms with Crippen molar-refractivity contribution in [1.29, 1.82) is 0 Å². The summed E-state index contributed by atoms with van der Waals surface area (Å²) in [6.45, 7) is 16.8. The highest BCUT2D eigenvalue weighted by atomic mass is 16.8. The molecular formula is C34H59NO3. The minimum atomic E-state index is -0.533. The van der Waals surface area contributed by atoms with E-state index >= 15 is 0 Å². The molecule has 4 heteroatoms. The predicted molar refractivity (Wildman–Crippen MR) is 159 cm³/mol. The van der Waals surface area contributed by atoms with Gasteiger partial charge in [0.2, 0.25) is 0 Å². The average molecular weight is 530 g/mol. The topological polar surface area (TPSA) is 30.9 Å². The van der Waals surface area contributed by atoms with Crippen LogP contribution in [0.3, 0.4) is 0 Å². The van der Waals surface area contributed by atoms with Crippen LogP contribution in [-0.2, 0) is 14.3 Å². The molecule has 2 saturated heterocycles. The van der Waals surface area contributed by atoms with Crippen molar-refractivity contribution in [3.05, 3.63) is 35.9 Å². The molecule has 1 aromatic carbocycles. The SMILES string of the molecule is CCCCCCCCCCCCC1COC2(CC(C)(CC)N(OC(C)c3ccccc3)C(C)(CC)C2C)O1. The van der Waals surface area contributed by atoms with Crippen LogP contribution in [0.2, 0.25) is 0 Å². The summed E-state index contributed by atoms with van der Waals surface area (Å²) in [6, 6.07) is 10.6. The molecule has 2 aliphatic rings. The van der Waals surface area contributed by atoms with Gasteiger partial charge in [-0.1, -0.05) is 122 Å². The third-order valence-corrected chi connectivity index (χ3v) is 9.94. The lowest BCUT2D eigenvalue weighted by atomic mass is 9.67. The first kappa shape index (κ1) is 31.6. The van der Waals surface area contributed by atoms with Gasteiger partial charge in [0, 0.05) is 17.9 Å². The van der Waals surface area contributed by atoms with Gasteiger partial charge in [-0.15, -0.1) is 0 Å². The van der Waals surface area contributed by atoms with Gasteiger partial charge in [0.25, 0.3) is 0 Å². The second-order valence-electron chi connectivity index (χ2n) is 12.7. The van der Waals surface area contributed by atoms with E-state index in [4.69, 9.17) is 14.3 Å². The standard InChI is InChI=1S/C34H59NO3/c1-8-11-12-13-14-15-16-17-18-22-25-31-26-36-34(37-31)27-32(6,9-2)35(33(7,10-3)29(34)5)38-28(4)30-23-20-19-21-24-30/h19-21,23-24,28-29,31H,8-18,22,25-27H2,1-7H3. The number of hydrogen-bond donors (Lipinski definition) is 0. The normalized spacial score (nSPS) is 32.7. The van der Waals surface area contributed by atoms with Gasteiger partial charge in [0.15, 0.2) is 5.79 Å². The lowest BCUT2D eigenvalue weighted by Crippen LogP contribution is -2.71. The van der Waals surface area contributed by atoms with Crippen LogP contribution >= 0.6 is 0 Å². The van der Waals surface area contributed by atoms with E-state index in [1.165, 1.54) is 69.8 Å². The van der Waals surface area contributed by atoms with Crippen LogP contribution in [0.25, 0.3) is 0 Å². The Hall–Kier alpha value is -0.940. The van der Waals surface area contributed by atoms with Crippen molar-refractivity contribution in [3.63, 3.8) is 0 Å². The Morgan fingerprint density at radius 2 is 1.50 bits per heavy atom. The molecule has 2 aliphatic heterocycles. The van der Waals surface area contributed by atoms with E-state index in [9.17, 15) is 0 Å². The fraction of sp³-hybridized carbons (Fsp3) is 0.824. The van der Waals surface area contributed by atoms with Gasteiger partial charge in [-0.2, -0.15) is 5.06 Å². The zero-order valence-electron chi connectivity index (χ0n) is 25.9. The molecule has 0 saturated carbocycles. The molecule has 6 atom stereocenters. The average Bonchev–Trinajstić information content (AvgIpc) is 3.34. The smallest absolute Gasteiger partial charge is 0.175 e. The van der Waals surface area contributed by atoms with Gasteiger partial charge in [-0.3, -0.25) is 4.84 Å². The van der Waals surface area contributed by atoms with E-state index < -0.39 is 5.79 Å². The second kappa shape index (κ2) is 14.6. The Balaban J connectivity index is 1.57. The maximum atomic E-state index is 6.91. The molecule has 0 bridgehead atoms. The first-order chi connectivity index (χ1) is 18.2. The summed E-state index contributed by atoms with van der Waals surface area (Å²) in [5.74, 6) is -0.338. The quantitative estimate of drug-likeness (QED) is 0.199. The van der Waals surface area contributed by atoms with Gasteiger partial charge in [0.05, 0.1) is 18.2 Å². The first-order valence-electron chi connectivity index (χ1n) is 16.1. The summed E-state index contributed by atoms with van der Waals surface area (Å²) in [5, 5.41) is 2.34. The Labute approximate surface area is 235 Å². The van der Waals surface area contributed by atoms with Crippen LogP contribution in [0.1, 0.15) is 150 Å². The van der Waals surface area contributed by atoms with Gasteiger partial charge >= 0.3 is 0 Å². The van der Waals surface area contributed by atoms with E-state index in [1.54, 1.807) is 0 Å². The van der Waals surface area contributed by atoms with E-state index in [0.717, 1.165) is 32.3 Å². The molecule has 6 unspecified atom stereocenters. The van der Waals surface area contributed by atoms with Crippen LogP contribution < -0.4 is 0 Å². The summed E-state index contributed by atoms with van der Waals surface area (Å²) < 4.78 is 13.6. The lowest BCUT2D eigenvalue weighted by Gasteiger charge is -2.62. The van der Waals surface area contributed by atoms with Gasteiger partial charge in [-0.25, -0.2) is 0 Å². The molecule has 3 rings (SSSR count). The Bertz CT molecular complexity index is 802. The van der Waals surface area contributed by atoms with Gasteiger partial charge in [0.1, 0.15) is 6.10 Å². The fourth-order valence-corrected chi connectivity index (χ4v) is 6.84. The van der Waals surface area contributed by atoms with Crippen molar-refractivity contribution < 1.29 is 14.3 Å². The molecule has 1 aromatic rings. The molecule has 2 heterocycles. The summed E-state index contributed by atoms with van der Waals surface area (Å²) in [7, 11) is 0. The van der Waals surface area contributed by atoms with E-state index in [-0.39, 0.29) is 29.2 Å². The molecule has 38 heavy (non-hydrogen) atoms. The van der Waals surface area contributed by atoms with Crippen molar-refractivity contribution in [2.24, 2.45) is 5.92 Å². The summed E-state index contributed by atoms with van der Waals surface area (Å²) in [6.07, 6.45) is 17.8. The van der Waals surface area contributed by atoms with Crippen molar-refractivity contribution in [2.75, 3.05) is 6.61 Å². The van der Waals surface area contributed by atoms with Crippen molar-refractivity contribution >= 4 is 0 Å². The number of unbranched alkanes of at least 4 members (excludes halogenated alkanes) is 9. The molecular weight excluding hydrogens is 470 g/mol.